The standard InChI is InChI=1S/C18H25N3/c1-3-21-10-4-5-17(21)13-19-12-15-7-9-18-16(11-15)8-6-14(2)20-18/h6-9,11,17,19H,3-5,10,12-13H2,1-2H3. The van der Waals surface area contributed by atoms with Crippen LogP contribution in [0, 0.1) is 6.92 Å². The Kier molecular flexibility index (Phi) is 4.51. The lowest BCUT2D eigenvalue weighted by molar-refractivity contribution is 0.260. The van der Waals surface area contributed by atoms with Gasteiger partial charge in [-0.15, -0.1) is 0 Å². The fourth-order valence-corrected chi connectivity index (χ4v) is 3.31. The third-order valence-corrected chi connectivity index (χ3v) is 4.51. The summed E-state index contributed by atoms with van der Waals surface area (Å²) in [6, 6.07) is 11.5. The van der Waals surface area contributed by atoms with Crippen molar-refractivity contribution in [1.29, 1.82) is 0 Å². The average Bonchev–Trinajstić information content (AvgIpc) is 2.95. The van der Waals surface area contributed by atoms with Crippen LogP contribution >= 0.6 is 0 Å². The number of fused-ring (bicyclic) bond motifs is 1. The van der Waals surface area contributed by atoms with Gasteiger partial charge in [-0.2, -0.15) is 0 Å². The van der Waals surface area contributed by atoms with Gasteiger partial charge in [0.15, 0.2) is 0 Å². The van der Waals surface area contributed by atoms with E-state index in [1.54, 1.807) is 0 Å². The number of nitrogens with zero attached hydrogens (tertiary/aromatic N) is 2. The molecule has 0 spiro atoms. The lowest BCUT2D eigenvalue weighted by atomic mass is 10.1. The highest BCUT2D eigenvalue weighted by atomic mass is 15.2. The highest BCUT2D eigenvalue weighted by molar-refractivity contribution is 5.79. The molecule has 0 saturated carbocycles. The number of nitrogens with one attached hydrogen (secondary N) is 1. The van der Waals surface area contributed by atoms with Crippen LogP contribution < -0.4 is 5.32 Å². The molecule has 1 aromatic heterocycles. The van der Waals surface area contributed by atoms with E-state index in [9.17, 15) is 0 Å². The maximum atomic E-state index is 4.55. The van der Waals surface area contributed by atoms with Crippen molar-refractivity contribution in [2.75, 3.05) is 19.6 Å². The van der Waals surface area contributed by atoms with Crippen LogP contribution in [0.4, 0.5) is 0 Å². The summed E-state index contributed by atoms with van der Waals surface area (Å²) in [5.41, 5.74) is 3.51. The van der Waals surface area contributed by atoms with Crippen LogP contribution in [-0.2, 0) is 6.54 Å². The van der Waals surface area contributed by atoms with Gasteiger partial charge in [0.1, 0.15) is 0 Å². The van der Waals surface area contributed by atoms with E-state index in [0.717, 1.165) is 30.3 Å². The minimum Gasteiger partial charge on any atom is -0.311 e. The monoisotopic (exact) mass is 283 g/mol. The Morgan fingerprint density at radius 3 is 3.05 bits per heavy atom. The van der Waals surface area contributed by atoms with Crippen LogP contribution in [-0.4, -0.2) is 35.6 Å². The fourth-order valence-electron chi connectivity index (χ4n) is 3.31. The summed E-state index contributed by atoms with van der Waals surface area (Å²) >= 11 is 0. The summed E-state index contributed by atoms with van der Waals surface area (Å²) in [7, 11) is 0. The van der Waals surface area contributed by atoms with Gasteiger partial charge in [-0.3, -0.25) is 9.88 Å². The molecular formula is C18H25N3. The number of likely N-dealkylation sites (tertiary alicyclic amines) is 1. The lowest BCUT2D eigenvalue weighted by Gasteiger charge is -2.23. The first-order valence-electron chi connectivity index (χ1n) is 8.07. The third-order valence-electron chi connectivity index (χ3n) is 4.51. The quantitative estimate of drug-likeness (QED) is 0.914. The maximum absolute atomic E-state index is 4.55. The van der Waals surface area contributed by atoms with Crippen molar-refractivity contribution in [1.82, 2.24) is 15.2 Å². The number of hydrogen-bond donors (Lipinski definition) is 1. The summed E-state index contributed by atoms with van der Waals surface area (Å²) in [6.07, 6.45) is 2.68. The van der Waals surface area contributed by atoms with Gasteiger partial charge in [0, 0.05) is 30.2 Å². The highest BCUT2D eigenvalue weighted by Crippen LogP contribution is 2.17. The topological polar surface area (TPSA) is 28.2 Å². The Hall–Kier alpha value is -1.45. The SMILES string of the molecule is CCN1CCCC1CNCc1ccc2nc(C)ccc2c1. The second kappa shape index (κ2) is 6.54. The van der Waals surface area contributed by atoms with Crippen molar-refractivity contribution >= 4 is 10.9 Å². The smallest absolute Gasteiger partial charge is 0.0705 e. The third kappa shape index (κ3) is 3.42. The molecule has 21 heavy (non-hydrogen) atoms. The molecule has 3 rings (SSSR count). The molecule has 1 unspecified atom stereocenters. The molecule has 1 aromatic carbocycles. The summed E-state index contributed by atoms with van der Waals surface area (Å²) in [5.74, 6) is 0. The Morgan fingerprint density at radius 2 is 2.19 bits per heavy atom. The molecule has 1 saturated heterocycles. The van der Waals surface area contributed by atoms with Crippen LogP contribution in [0.2, 0.25) is 0 Å². The predicted octanol–water partition coefficient (Wildman–Crippen LogP) is 3.12. The average molecular weight is 283 g/mol. The first-order chi connectivity index (χ1) is 10.3. The van der Waals surface area contributed by atoms with Crippen LogP contribution in [0.5, 0.6) is 0 Å². The second-order valence-electron chi connectivity index (χ2n) is 6.04. The van der Waals surface area contributed by atoms with E-state index in [-0.39, 0.29) is 0 Å². The minimum absolute atomic E-state index is 0.722. The molecule has 2 aromatic rings. The van der Waals surface area contributed by atoms with Gasteiger partial charge in [-0.05, 0) is 56.6 Å². The van der Waals surface area contributed by atoms with Gasteiger partial charge in [0.2, 0.25) is 0 Å². The van der Waals surface area contributed by atoms with Crippen molar-refractivity contribution in [2.24, 2.45) is 0 Å². The Balaban J connectivity index is 1.59. The molecule has 1 aliphatic heterocycles. The molecule has 1 aliphatic rings. The van der Waals surface area contributed by atoms with Gasteiger partial charge >= 0.3 is 0 Å². The van der Waals surface area contributed by atoms with Gasteiger partial charge in [0.25, 0.3) is 0 Å². The molecule has 3 nitrogen and oxygen atoms in total. The molecule has 1 atom stereocenters. The second-order valence-corrected chi connectivity index (χ2v) is 6.04. The van der Waals surface area contributed by atoms with Gasteiger partial charge < -0.3 is 5.32 Å². The number of pyridine rings is 1. The number of likely N-dealkylation sites (N-methyl/N-ethyl adjacent to an activating group) is 1. The Morgan fingerprint density at radius 1 is 1.29 bits per heavy atom. The van der Waals surface area contributed by atoms with E-state index >= 15 is 0 Å². The summed E-state index contributed by atoms with van der Waals surface area (Å²) in [4.78, 5) is 7.14. The molecule has 0 aliphatic carbocycles. The Bertz CT molecular complexity index is 608. The summed E-state index contributed by atoms with van der Waals surface area (Å²) in [6.45, 7) is 8.78. The van der Waals surface area contributed by atoms with E-state index in [2.05, 4.69) is 52.5 Å². The zero-order valence-electron chi connectivity index (χ0n) is 13.1. The summed E-state index contributed by atoms with van der Waals surface area (Å²) < 4.78 is 0. The van der Waals surface area contributed by atoms with Crippen molar-refractivity contribution in [3.05, 3.63) is 41.6 Å². The van der Waals surface area contributed by atoms with Gasteiger partial charge in [-0.1, -0.05) is 19.1 Å². The molecule has 1 fully saturated rings. The number of aromatic nitrogens is 1. The van der Waals surface area contributed by atoms with Crippen LogP contribution in [0.1, 0.15) is 31.0 Å². The number of rotatable bonds is 5. The van der Waals surface area contributed by atoms with E-state index in [4.69, 9.17) is 0 Å². The molecule has 0 radical (unpaired) electrons. The predicted molar refractivity (Wildman–Crippen MR) is 88.5 cm³/mol. The number of benzene rings is 1. The zero-order chi connectivity index (χ0) is 14.7. The van der Waals surface area contributed by atoms with Crippen LogP contribution in [0.25, 0.3) is 10.9 Å². The van der Waals surface area contributed by atoms with E-state index in [1.807, 2.05) is 6.92 Å². The van der Waals surface area contributed by atoms with E-state index in [0.29, 0.717) is 0 Å². The summed E-state index contributed by atoms with van der Waals surface area (Å²) in [5, 5.41) is 4.85. The first kappa shape index (κ1) is 14.5. The molecule has 0 bridgehead atoms. The molecule has 0 amide bonds. The maximum Gasteiger partial charge on any atom is 0.0705 e. The first-order valence-corrected chi connectivity index (χ1v) is 8.07. The number of hydrogen-bond acceptors (Lipinski definition) is 3. The van der Waals surface area contributed by atoms with Gasteiger partial charge in [-0.25, -0.2) is 0 Å². The van der Waals surface area contributed by atoms with Crippen molar-refractivity contribution < 1.29 is 0 Å². The van der Waals surface area contributed by atoms with Gasteiger partial charge in [0.05, 0.1) is 5.52 Å². The van der Waals surface area contributed by atoms with Crippen molar-refractivity contribution in [2.45, 2.75) is 39.3 Å². The van der Waals surface area contributed by atoms with Crippen molar-refractivity contribution in [3.8, 4) is 0 Å². The molecule has 3 heteroatoms. The molecule has 2 heterocycles. The van der Waals surface area contributed by atoms with E-state index in [1.165, 1.54) is 36.9 Å². The normalized spacial score (nSPS) is 19.4. The molecule has 1 N–H and O–H groups in total. The Labute approximate surface area is 127 Å². The zero-order valence-corrected chi connectivity index (χ0v) is 13.1. The van der Waals surface area contributed by atoms with Crippen LogP contribution in [0.3, 0.4) is 0 Å². The van der Waals surface area contributed by atoms with Crippen molar-refractivity contribution in [3.63, 3.8) is 0 Å². The number of aryl methyl sites for hydroxylation is 1. The minimum atomic E-state index is 0.722. The molecule has 112 valence electrons. The van der Waals surface area contributed by atoms with E-state index < -0.39 is 0 Å². The van der Waals surface area contributed by atoms with Crippen LogP contribution in [0.15, 0.2) is 30.3 Å². The highest BCUT2D eigenvalue weighted by Gasteiger charge is 2.21. The fraction of sp³-hybridized carbons (Fsp3) is 0.500. The molecular weight excluding hydrogens is 258 g/mol. The lowest BCUT2D eigenvalue weighted by Crippen LogP contribution is -2.37. The largest absolute Gasteiger partial charge is 0.311 e.